The monoisotopic (exact) mass is 352 g/mol. The molecule has 26 heavy (non-hydrogen) atoms. The van der Waals surface area contributed by atoms with Gasteiger partial charge in [-0.25, -0.2) is 4.39 Å². The van der Waals surface area contributed by atoms with Crippen LogP contribution < -0.4 is 10.2 Å². The van der Waals surface area contributed by atoms with Crippen molar-refractivity contribution in [3.63, 3.8) is 0 Å². The van der Waals surface area contributed by atoms with Crippen molar-refractivity contribution in [2.24, 2.45) is 0 Å². The average molecular weight is 352 g/mol. The fourth-order valence-electron chi connectivity index (χ4n) is 4.36. The van der Waals surface area contributed by atoms with Gasteiger partial charge in [-0.1, -0.05) is 43.2 Å². The highest BCUT2D eigenvalue weighted by molar-refractivity contribution is 5.95. The second-order valence-corrected chi connectivity index (χ2v) is 7.44. The third-order valence-electron chi connectivity index (χ3n) is 5.80. The molecule has 136 valence electrons. The van der Waals surface area contributed by atoms with Crippen LogP contribution in [0.2, 0.25) is 0 Å². The fourth-order valence-corrected chi connectivity index (χ4v) is 4.36. The Morgan fingerprint density at radius 1 is 1.00 bits per heavy atom. The maximum absolute atomic E-state index is 14.4. The molecule has 3 nitrogen and oxygen atoms in total. The van der Waals surface area contributed by atoms with E-state index in [1.54, 1.807) is 12.1 Å². The van der Waals surface area contributed by atoms with Gasteiger partial charge in [-0.3, -0.25) is 4.79 Å². The van der Waals surface area contributed by atoms with Gasteiger partial charge in [-0.15, -0.1) is 0 Å². The van der Waals surface area contributed by atoms with Gasteiger partial charge in [0.15, 0.2) is 0 Å². The molecule has 0 spiro atoms. The zero-order valence-corrected chi connectivity index (χ0v) is 15.0. The van der Waals surface area contributed by atoms with E-state index in [1.165, 1.54) is 0 Å². The van der Waals surface area contributed by atoms with Crippen LogP contribution in [0.15, 0.2) is 48.5 Å². The van der Waals surface area contributed by atoms with Crippen LogP contribution in [-0.2, 0) is 16.9 Å². The van der Waals surface area contributed by atoms with Gasteiger partial charge in [-0.2, -0.15) is 0 Å². The van der Waals surface area contributed by atoms with Crippen molar-refractivity contribution in [3.8, 4) is 0 Å². The number of amides is 1. The number of halogens is 1. The van der Waals surface area contributed by atoms with E-state index in [0.717, 1.165) is 55.5 Å². The van der Waals surface area contributed by atoms with Gasteiger partial charge in [-0.05, 0) is 43.0 Å². The van der Waals surface area contributed by atoms with E-state index in [0.29, 0.717) is 13.0 Å². The predicted molar refractivity (Wildman–Crippen MR) is 101 cm³/mol. The summed E-state index contributed by atoms with van der Waals surface area (Å²) in [5.74, 6) is 0.0881. The van der Waals surface area contributed by atoms with Crippen molar-refractivity contribution >= 4 is 11.6 Å². The third-order valence-corrected chi connectivity index (χ3v) is 5.80. The zero-order chi connectivity index (χ0) is 18.0. The highest BCUT2D eigenvalue weighted by atomic mass is 19.1. The van der Waals surface area contributed by atoms with Gasteiger partial charge in [0, 0.05) is 36.3 Å². The van der Waals surface area contributed by atoms with Crippen molar-refractivity contribution in [1.29, 1.82) is 0 Å². The molecule has 2 aromatic carbocycles. The van der Waals surface area contributed by atoms with Gasteiger partial charge >= 0.3 is 0 Å². The average Bonchev–Trinajstić information content (AvgIpc) is 3.31. The lowest BCUT2D eigenvalue weighted by Crippen LogP contribution is -2.40. The Hall–Kier alpha value is -2.20. The standard InChI is InChI=1S/C22H25FN2O/c23-20-7-2-1-6-19(20)22(13-3-4-14-22)24-16-17-9-11-18(12-10-17)25-15-5-8-21(25)26/h1-2,6-7,9-12,24H,3-5,8,13-16H2. The van der Waals surface area contributed by atoms with Crippen molar-refractivity contribution in [1.82, 2.24) is 5.32 Å². The van der Waals surface area contributed by atoms with E-state index < -0.39 is 0 Å². The van der Waals surface area contributed by atoms with Crippen molar-refractivity contribution < 1.29 is 9.18 Å². The Bertz CT molecular complexity index is 781. The number of carbonyl (C=O) groups is 1. The third kappa shape index (κ3) is 3.26. The van der Waals surface area contributed by atoms with Gasteiger partial charge in [0.2, 0.25) is 5.91 Å². The Balaban J connectivity index is 1.48. The SMILES string of the molecule is O=C1CCCN1c1ccc(CNC2(c3ccccc3F)CCCC2)cc1. The van der Waals surface area contributed by atoms with Crippen LogP contribution in [0.1, 0.15) is 49.7 Å². The lowest BCUT2D eigenvalue weighted by Gasteiger charge is -2.32. The number of rotatable bonds is 5. The number of anilines is 1. The van der Waals surface area contributed by atoms with Gasteiger partial charge in [0.05, 0.1) is 0 Å². The maximum Gasteiger partial charge on any atom is 0.227 e. The van der Waals surface area contributed by atoms with E-state index in [2.05, 4.69) is 17.4 Å². The summed E-state index contributed by atoms with van der Waals surface area (Å²) in [5.41, 5.74) is 2.65. The lowest BCUT2D eigenvalue weighted by atomic mass is 9.87. The van der Waals surface area contributed by atoms with E-state index in [9.17, 15) is 9.18 Å². The molecule has 2 fully saturated rings. The fraction of sp³-hybridized carbons (Fsp3) is 0.409. The number of benzene rings is 2. The van der Waals surface area contributed by atoms with Crippen LogP contribution >= 0.6 is 0 Å². The molecule has 1 heterocycles. The summed E-state index contributed by atoms with van der Waals surface area (Å²) < 4.78 is 14.4. The Kier molecular flexibility index (Phi) is 4.77. The summed E-state index contributed by atoms with van der Waals surface area (Å²) >= 11 is 0. The molecule has 4 rings (SSSR count). The predicted octanol–water partition coefficient (Wildman–Crippen LogP) is 4.51. The normalized spacial score (nSPS) is 19.3. The molecular weight excluding hydrogens is 327 g/mol. The van der Waals surface area contributed by atoms with Gasteiger partial charge < -0.3 is 10.2 Å². The summed E-state index contributed by atoms with van der Waals surface area (Å²) in [6, 6.07) is 15.3. The topological polar surface area (TPSA) is 32.3 Å². The number of nitrogens with zero attached hydrogens (tertiary/aromatic N) is 1. The molecule has 1 aliphatic heterocycles. The molecule has 1 N–H and O–H groups in total. The van der Waals surface area contributed by atoms with E-state index in [1.807, 2.05) is 29.2 Å². The maximum atomic E-state index is 14.4. The summed E-state index contributed by atoms with van der Waals surface area (Å²) in [5, 5.41) is 3.65. The number of hydrogen-bond donors (Lipinski definition) is 1. The summed E-state index contributed by atoms with van der Waals surface area (Å²) in [6.45, 7) is 1.51. The largest absolute Gasteiger partial charge is 0.312 e. The number of hydrogen-bond acceptors (Lipinski definition) is 2. The molecular formula is C22H25FN2O. The van der Waals surface area contributed by atoms with Crippen molar-refractivity contribution in [2.75, 3.05) is 11.4 Å². The molecule has 1 saturated heterocycles. The Labute approximate surface area is 154 Å². The summed E-state index contributed by atoms with van der Waals surface area (Å²) in [4.78, 5) is 13.7. The zero-order valence-electron chi connectivity index (χ0n) is 15.0. The first-order valence-electron chi connectivity index (χ1n) is 9.57. The quantitative estimate of drug-likeness (QED) is 0.858. The van der Waals surface area contributed by atoms with Gasteiger partial charge in [0.1, 0.15) is 5.82 Å². The van der Waals surface area contributed by atoms with Crippen LogP contribution in [0.25, 0.3) is 0 Å². The van der Waals surface area contributed by atoms with E-state index >= 15 is 0 Å². The van der Waals surface area contributed by atoms with Crippen LogP contribution in [0.5, 0.6) is 0 Å². The lowest BCUT2D eigenvalue weighted by molar-refractivity contribution is -0.117. The second kappa shape index (κ2) is 7.20. The minimum atomic E-state index is -0.269. The number of nitrogens with one attached hydrogen (secondary N) is 1. The first-order valence-corrected chi connectivity index (χ1v) is 9.57. The first kappa shape index (κ1) is 17.2. The van der Waals surface area contributed by atoms with Gasteiger partial charge in [0.25, 0.3) is 0 Å². The molecule has 0 atom stereocenters. The van der Waals surface area contributed by atoms with Crippen LogP contribution in [0, 0.1) is 5.82 Å². The summed E-state index contributed by atoms with van der Waals surface area (Å²) in [7, 11) is 0. The molecule has 4 heteroatoms. The molecule has 0 unspecified atom stereocenters. The molecule has 2 aliphatic rings. The smallest absolute Gasteiger partial charge is 0.227 e. The highest BCUT2D eigenvalue weighted by Gasteiger charge is 2.36. The molecule has 1 saturated carbocycles. The first-order chi connectivity index (χ1) is 12.7. The molecule has 2 aromatic rings. The highest BCUT2D eigenvalue weighted by Crippen LogP contribution is 2.40. The minimum absolute atomic E-state index is 0.121. The van der Waals surface area contributed by atoms with Crippen molar-refractivity contribution in [2.45, 2.75) is 50.6 Å². The Morgan fingerprint density at radius 3 is 2.38 bits per heavy atom. The second-order valence-electron chi connectivity index (χ2n) is 7.44. The van der Waals surface area contributed by atoms with E-state index in [4.69, 9.17) is 0 Å². The number of carbonyl (C=O) groups excluding carboxylic acids is 1. The van der Waals surface area contributed by atoms with Crippen LogP contribution in [0.4, 0.5) is 10.1 Å². The molecule has 1 aliphatic carbocycles. The molecule has 0 bridgehead atoms. The minimum Gasteiger partial charge on any atom is -0.312 e. The Morgan fingerprint density at radius 2 is 1.73 bits per heavy atom. The molecule has 0 aromatic heterocycles. The molecule has 1 amide bonds. The van der Waals surface area contributed by atoms with Crippen molar-refractivity contribution in [3.05, 3.63) is 65.5 Å². The molecule has 0 radical (unpaired) electrons. The van der Waals surface area contributed by atoms with Crippen LogP contribution in [0.3, 0.4) is 0 Å². The van der Waals surface area contributed by atoms with Crippen LogP contribution in [-0.4, -0.2) is 12.5 Å². The van der Waals surface area contributed by atoms with E-state index in [-0.39, 0.29) is 17.3 Å². The summed E-state index contributed by atoms with van der Waals surface area (Å²) in [6.07, 6.45) is 5.76.